The molecule has 0 heterocycles. The highest BCUT2D eigenvalue weighted by Crippen LogP contribution is 2.53. The summed E-state index contributed by atoms with van der Waals surface area (Å²) in [4.78, 5) is 0. The minimum atomic E-state index is -0.332. The first-order chi connectivity index (χ1) is 13.9. The Balaban J connectivity index is 3.16. The second-order valence-electron chi connectivity index (χ2n) is 5.92. The van der Waals surface area contributed by atoms with Crippen LogP contribution in [0.4, 0.5) is 0 Å². The number of rotatable bonds is 5. The van der Waals surface area contributed by atoms with E-state index >= 15 is 0 Å². The molecule has 0 fully saturated rings. The summed E-state index contributed by atoms with van der Waals surface area (Å²) in [5, 5.41) is -0.516. The lowest BCUT2D eigenvalue weighted by molar-refractivity contribution is 0.0300. The van der Waals surface area contributed by atoms with E-state index in [-0.39, 0.29) is 79.0 Å². The topological polar surface area (TPSA) is 18.5 Å². The van der Waals surface area contributed by atoms with Crippen LogP contribution in [0, 0.1) is 0 Å². The van der Waals surface area contributed by atoms with Crippen LogP contribution in [0.15, 0.2) is 5.95 Å². The van der Waals surface area contributed by atoms with Crippen molar-refractivity contribution in [2.75, 3.05) is 7.11 Å². The summed E-state index contributed by atoms with van der Waals surface area (Å²) < 4.78 is 11.3. The molecule has 0 bridgehead atoms. The van der Waals surface area contributed by atoms with Crippen molar-refractivity contribution in [3.63, 3.8) is 0 Å². The van der Waals surface area contributed by atoms with E-state index < -0.39 is 0 Å². The number of halogens is 10. The third kappa shape index (κ3) is 4.94. The lowest BCUT2D eigenvalue weighted by Gasteiger charge is -2.23. The maximum absolute atomic E-state index is 6.49. The summed E-state index contributed by atoms with van der Waals surface area (Å²) in [5.41, 5.74) is 0.277. The molecule has 0 aromatic heterocycles. The second kappa shape index (κ2) is 10.7. The fourth-order valence-electron chi connectivity index (χ4n) is 2.40. The second-order valence-corrected chi connectivity index (χ2v) is 9.70. The molecule has 12 heteroatoms. The molecule has 30 heavy (non-hydrogen) atoms. The van der Waals surface area contributed by atoms with Gasteiger partial charge in [0, 0.05) is 11.1 Å². The van der Waals surface area contributed by atoms with Crippen molar-refractivity contribution in [2.45, 2.75) is 20.0 Å². The van der Waals surface area contributed by atoms with Crippen molar-refractivity contribution in [2.24, 2.45) is 0 Å². The molecule has 2 aromatic carbocycles. The Morgan fingerprint density at radius 3 is 1.03 bits per heavy atom. The van der Waals surface area contributed by atoms with Crippen LogP contribution in [0.1, 0.15) is 25.0 Å². The fourth-order valence-corrected chi connectivity index (χ4v) is 5.06. The maximum atomic E-state index is 6.49. The van der Waals surface area contributed by atoms with Gasteiger partial charge in [0.05, 0.1) is 69.0 Å². The summed E-state index contributed by atoms with van der Waals surface area (Å²) in [7, 11) is 1.36. The zero-order chi connectivity index (χ0) is 23.1. The first-order valence-corrected chi connectivity index (χ1v) is 11.6. The highest BCUT2D eigenvalue weighted by Gasteiger charge is 2.32. The molecule has 0 aliphatic rings. The van der Waals surface area contributed by atoms with Crippen LogP contribution in [0.3, 0.4) is 0 Å². The van der Waals surface area contributed by atoms with Crippen molar-refractivity contribution in [3.05, 3.63) is 67.3 Å². The lowest BCUT2D eigenvalue weighted by atomic mass is 9.97. The van der Waals surface area contributed by atoms with Crippen molar-refractivity contribution in [1.29, 1.82) is 0 Å². The van der Waals surface area contributed by atoms with Crippen LogP contribution in [0.2, 0.25) is 50.2 Å². The zero-order valence-electron chi connectivity index (χ0n) is 15.2. The molecule has 0 atom stereocenters. The summed E-state index contributed by atoms with van der Waals surface area (Å²) in [6.07, 6.45) is -0.332. The van der Waals surface area contributed by atoms with Crippen LogP contribution >= 0.6 is 116 Å². The molecule has 0 N–H and O–H groups in total. The van der Waals surface area contributed by atoms with Gasteiger partial charge in [-0.3, -0.25) is 0 Å². The largest absolute Gasteiger partial charge is 0.468 e. The predicted octanol–water partition coefficient (Wildman–Crippen LogP) is 11.0. The molecule has 0 saturated carbocycles. The molecular formula is C18H10Cl10O2. The van der Waals surface area contributed by atoms with Gasteiger partial charge in [0.2, 0.25) is 0 Å². The number of hydrogen-bond donors (Lipinski definition) is 0. The fraction of sp³-hybridized carbons (Fsp3) is 0.222. The first-order valence-electron chi connectivity index (χ1n) is 7.85. The number of methoxy groups -OCH3 is 1. The molecule has 0 spiro atoms. The van der Waals surface area contributed by atoms with Gasteiger partial charge < -0.3 is 9.47 Å². The maximum Gasteiger partial charge on any atom is 0.288 e. The van der Waals surface area contributed by atoms with Crippen LogP contribution in [0.25, 0.3) is 5.57 Å². The minimum Gasteiger partial charge on any atom is -0.468 e. The quantitative estimate of drug-likeness (QED) is 0.190. The molecule has 0 aliphatic carbocycles. The molecule has 2 rings (SSSR count). The van der Waals surface area contributed by atoms with Gasteiger partial charge in [-0.15, -0.1) is 0 Å². The van der Waals surface area contributed by atoms with Crippen molar-refractivity contribution in [3.8, 4) is 0 Å². The van der Waals surface area contributed by atoms with E-state index in [1.54, 1.807) is 13.8 Å². The standard InChI is InChI=1S/C18H10Cl10O2/c1-4(2)30-18(29-3)5(6-8(19)12(23)16(27)13(24)9(6)20)7-10(21)14(25)17(28)15(26)11(7)22/h4H,1-3H3. The highest BCUT2D eigenvalue weighted by atomic mass is 35.5. The summed E-state index contributed by atoms with van der Waals surface area (Å²) in [6.45, 7) is 3.54. The Morgan fingerprint density at radius 1 is 0.533 bits per heavy atom. The van der Waals surface area contributed by atoms with Crippen LogP contribution in [0.5, 0.6) is 0 Å². The lowest BCUT2D eigenvalue weighted by Crippen LogP contribution is -2.09. The van der Waals surface area contributed by atoms with Gasteiger partial charge in [-0.25, -0.2) is 0 Å². The van der Waals surface area contributed by atoms with Crippen LogP contribution in [-0.2, 0) is 9.47 Å². The van der Waals surface area contributed by atoms with E-state index in [0.717, 1.165) is 0 Å². The van der Waals surface area contributed by atoms with Crippen molar-refractivity contribution < 1.29 is 9.47 Å². The van der Waals surface area contributed by atoms with Gasteiger partial charge in [0.1, 0.15) is 0 Å². The van der Waals surface area contributed by atoms with Crippen molar-refractivity contribution in [1.82, 2.24) is 0 Å². The van der Waals surface area contributed by atoms with Gasteiger partial charge in [0.15, 0.2) is 0 Å². The Labute approximate surface area is 223 Å². The molecular weight excluding hydrogens is 603 g/mol. The molecule has 0 amide bonds. The average molecular weight is 613 g/mol. The Bertz CT molecular complexity index is 917. The third-order valence-corrected chi connectivity index (χ3v) is 8.21. The third-order valence-electron chi connectivity index (χ3n) is 3.65. The normalized spacial score (nSPS) is 11.1. The molecule has 0 radical (unpaired) electrons. The van der Waals surface area contributed by atoms with Gasteiger partial charge in [-0.1, -0.05) is 116 Å². The summed E-state index contributed by atoms with van der Waals surface area (Å²) >= 11 is 63.2. The molecule has 0 aliphatic heterocycles. The molecule has 164 valence electrons. The smallest absolute Gasteiger partial charge is 0.288 e. The van der Waals surface area contributed by atoms with E-state index in [0.29, 0.717) is 0 Å². The Morgan fingerprint density at radius 2 is 0.800 bits per heavy atom. The van der Waals surface area contributed by atoms with Crippen molar-refractivity contribution >= 4 is 122 Å². The van der Waals surface area contributed by atoms with Crippen LogP contribution in [-0.4, -0.2) is 13.2 Å². The number of hydrogen-bond acceptors (Lipinski definition) is 2. The summed E-state index contributed by atoms with van der Waals surface area (Å²) in [6, 6.07) is 0. The molecule has 2 nitrogen and oxygen atoms in total. The van der Waals surface area contributed by atoms with E-state index in [9.17, 15) is 0 Å². The van der Waals surface area contributed by atoms with E-state index in [1.165, 1.54) is 7.11 Å². The van der Waals surface area contributed by atoms with E-state index in [2.05, 4.69) is 0 Å². The molecule has 0 saturated heterocycles. The SMILES string of the molecule is COC(OC(C)C)=C(c1c(Cl)c(Cl)c(Cl)c(Cl)c1Cl)c1c(Cl)c(Cl)c(Cl)c(Cl)c1Cl. The number of benzene rings is 2. The van der Waals surface area contributed by atoms with Gasteiger partial charge >= 0.3 is 0 Å². The highest BCUT2D eigenvalue weighted by molar-refractivity contribution is 6.58. The van der Waals surface area contributed by atoms with E-state index in [1.807, 2.05) is 0 Å². The van der Waals surface area contributed by atoms with Gasteiger partial charge in [-0.05, 0) is 13.8 Å². The Hall–Kier alpha value is 0.680. The van der Waals surface area contributed by atoms with Gasteiger partial charge in [0.25, 0.3) is 5.95 Å². The van der Waals surface area contributed by atoms with Crippen LogP contribution < -0.4 is 0 Å². The van der Waals surface area contributed by atoms with E-state index in [4.69, 9.17) is 125 Å². The monoisotopic (exact) mass is 608 g/mol. The average Bonchev–Trinajstić information content (AvgIpc) is 2.70. The molecule has 0 unspecified atom stereocenters. The zero-order valence-corrected chi connectivity index (χ0v) is 22.7. The number of ether oxygens (including phenoxy) is 2. The summed E-state index contributed by atoms with van der Waals surface area (Å²) in [5.74, 6) is -0.0542. The first kappa shape index (κ1) is 26.9. The molecule has 2 aromatic rings. The predicted molar refractivity (Wildman–Crippen MR) is 132 cm³/mol. The minimum absolute atomic E-state index is 0.0375. The van der Waals surface area contributed by atoms with Gasteiger partial charge in [-0.2, -0.15) is 0 Å². The Kier molecular flexibility index (Phi) is 9.64.